The van der Waals surface area contributed by atoms with Gasteiger partial charge in [0, 0.05) is 23.3 Å². The van der Waals surface area contributed by atoms with Gasteiger partial charge in [0.25, 0.3) is 0 Å². The highest BCUT2D eigenvalue weighted by atomic mass is 35.5. The zero-order valence-electron chi connectivity index (χ0n) is 10.0. The van der Waals surface area contributed by atoms with E-state index in [1.807, 2.05) is 6.07 Å². The zero-order valence-corrected chi connectivity index (χ0v) is 10.8. The van der Waals surface area contributed by atoms with Crippen LogP contribution in [0.2, 0.25) is 5.02 Å². The van der Waals surface area contributed by atoms with Crippen molar-refractivity contribution in [3.8, 4) is 0 Å². The Morgan fingerprint density at radius 2 is 1.94 bits per heavy atom. The third-order valence-electron chi connectivity index (χ3n) is 3.92. The van der Waals surface area contributed by atoms with Gasteiger partial charge in [-0.2, -0.15) is 0 Å². The normalized spacial score (nSPS) is 17.7. The van der Waals surface area contributed by atoms with E-state index in [4.69, 9.17) is 11.6 Å². The third-order valence-corrected chi connectivity index (χ3v) is 4.15. The summed E-state index contributed by atoms with van der Waals surface area (Å²) in [5, 5.41) is 2.13. The smallest absolute Gasteiger partial charge is 0.0495 e. The van der Waals surface area contributed by atoms with Crippen molar-refractivity contribution in [2.24, 2.45) is 5.92 Å². The van der Waals surface area contributed by atoms with E-state index in [2.05, 4.69) is 29.0 Å². The van der Waals surface area contributed by atoms with Crippen LogP contribution in [0.1, 0.15) is 32.1 Å². The van der Waals surface area contributed by atoms with Crippen LogP contribution in [0.3, 0.4) is 0 Å². The van der Waals surface area contributed by atoms with Gasteiger partial charge in [0.05, 0.1) is 0 Å². The standard InChI is InChI=1S/C15H18ClN/c16-14-7-6-13-8-9-17(15(13)10-14)11-12-4-2-1-3-5-12/h6-10,12H,1-5,11H2. The first-order chi connectivity index (χ1) is 8.33. The van der Waals surface area contributed by atoms with Gasteiger partial charge in [0.2, 0.25) is 0 Å². The Balaban J connectivity index is 1.86. The van der Waals surface area contributed by atoms with Gasteiger partial charge in [-0.05, 0) is 42.3 Å². The molecule has 0 saturated heterocycles. The quantitative estimate of drug-likeness (QED) is 0.713. The predicted octanol–water partition coefficient (Wildman–Crippen LogP) is 4.88. The van der Waals surface area contributed by atoms with Crippen LogP contribution in [0.5, 0.6) is 0 Å². The van der Waals surface area contributed by atoms with Crippen LogP contribution in [0.4, 0.5) is 0 Å². The first kappa shape index (κ1) is 11.2. The number of fused-ring (bicyclic) bond motifs is 1. The van der Waals surface area contributed by atoms with E-state index >= 15 is 0 Å². The molecular formula is C15H18ClN. The maximum absolute atomic E-state index is 6.08. The van der Waals surface area contributed by atoms with Crippen LogP contribution in [0, 0.1) is 5.92 Å². The second-order valence-corrected chi connectivity index (χ2v) is 5.61. The molecule has 0 N–H and O–H groups in total. The Labute approximate surface area is 107 Å². The lowest BCUT2D eigenvalue weighted by Crippen LogP contribution is -2.13. The number of hydrogen-bond donors (Lipinski definition) is 0. The number of rotatable bonds is 2. The number of nitrogens with zero attached hydrogens (tertiary/aromatic N) is 1. The van der Waals surface area contributed by atoms with Crippen LogP contribution in [0.25, 0.3) is 10.9 Å². The topological polar surface area (TPSA) is 4.93 Å². The monoisotopic (exact) mass is 247 g/mol. The van der Waals surface area contributed by atoms with Gasteiger partial charge in [-0.15, -0.1) is 0 Å². The maximum atomic E-state index is 6.08. The molecule has 17 heavy (non-hydrogen) atoms. The van der Waals surface area contributed by atoms with E-state index in [1.54, 1.807) is 0 Å². The second kappa shape index (κ2) is 4.73. The van der Waals surface area contributed by atoms with Crippen molar-refractivity contribution < 1.29 is 0 Å². The summed E-state index contributed by atoms with van der Waals surface area (Å²) in [5.41, 5.74) is 1.28. The fourth-order valence-electron chi connectivity index (χ4n) is 2.96. The SMILES string of the molecule is Clc1ccc2ccn(CC3CCCCC3)c2c1. The highest BCUT2D eigenvalue weighted by molar-refractivity contribution is 6.31. The highest BCUT2D eigenvalue weighted by Gasteiger charge is 2.14. The van der Waals surface area contributed by atoms with Crippen molar-refractivity contribution >= 4 is 22.5 Å². The van der Waals surface area contributed by atoms with Gasteiger partial charge in [-0.1, -0.05) is 36.9 Å². The molecule has 0 bridgehead atoms. The summed E-state index contributed by atoms with van der Waals surface area (Å²) in [5.74, 6) is 0.860. The molecule has 1 heterocycles. The van der Waals surface area contributed by atoms with Gasteiger partial charge in [-0.25, -0.2) is 0 Å². The minimum absolute atomic E-state index is 0.834. The Morgan fingerprint density at radius 3 is 2.76 bits per heavy atom. The van der Waals surface area contributed by atoms with Crippen LogP contribution in [-0.2, 0) is 6.54 Å². The van der Waals surface area contributed by atoms with Crippen LogP contribution < -0.4 is 0 Å². The Hall–Kier alpha value is -0.950. The molecule has 0 unspecified atom stereocenters. The molecule has 1 nitrogen and oxygen atoms in total. The second-order valence-electron chi connectivity index (χ2n) is 5.18. The van der Waals surface area contributed by atoms with Gasteiger partial charge in [-0.3, -0.25) is 0 Å². The molecule has 1 aliphatic rings. The molecule has 0 amide bonds. The van der Waals surface area contributed by atoms with Crippen LogP contribution in [-0.4, -0.2) is 4.57 Å². The fraction of sp³-hybridized carbons (Fsp3) is 0.467. The molecule has 1 aromatic carbocycles. The summed E-state index contributed by atoms with van der Waals surface area (Å²) < 4.78 is 2.37. The summed E-state index contributed by atoms with van der Waals surface area (Å²) >= 11 is 6.08. The molecule has 3 rings (SSSR count). The molecule has 1 aliphatic carbocycles. The van der Waals surface area contributed by atoms with Gasteiger partial charge >= 0.3 is 0 Å². The van der Waals surface area contributed by atoms with E-state index in [9.17, 15) is 0 Å². The Morgan fingerprint density at radius 1 is 1.12 bits per heavy atom. The number of hydrogen-bond acceptors (Lipinski definition) is 0. The molecule has 0 aliphatic heterocycles. The first-order valence-electron chi connectivity index (χ1n) is 6.57. The summed E-state index contributed by atoms with van der Waals surface area (Å²) in [6.07, 6.45) is 9.22. The van der Waals surface area contributed by atoms with Gasteiger partial charge in [0.1, 0.15) is 0 Å². The van der Waals surface area contributed by atoms with E-state index in [0.29, 0.717) is 0 Å². The molecule has 1 fully saturated rings. The van der Waals surface area contributed by atoms with Gasteiger partial charge in [0.15, 0.2) is 0 Å². The predicted molar refractivity (Wildman–Crippen MR) is 73.5 cm³/mol. The average molecular weight is 248 g/mol. The van der Waals surface area contributed by atoms with E-state index in [0.717, 1.165) is 17.5 Å². The molecule has 2 heteroatoms. The summed E-state index contributed by atoms with van der Waals surface area (Å²) in [7, 11) is 0. The molecule has 0 atom stereocenters. The number of aromatic nitrogens is 1. The van der Waals surface area contributed by atoms with Crippen molar-refractivity contribution in [1.29, 1.82) is 0 Å². The minimum atomic E-state index is 0.834. The fourth-order valence-corrected chi connectivity index (χ4v) is 3.13. The molecule has 1 aromatic heterocycles. The lowest BCUT2D eigenvalue weighted by atomic mass is 9.89. The molecule has 0 spiro atoms. The molecular weight excluding hydrogens is 230 g/mol. The maximum Gasteiger partial charge on any atom is 0.0495 e. The molecule has 90 valence electrons. The van der Waals surface area contributed by atoms with Crippen molar-refractivity contribution in [2.75, 3.05) is 0 Å². The number of halogens is 1. The lowest BCUT2D eigenvalue weighted by molar-refractivity contribution is 0.322. The largest absolute Gasteiger partial charge is 0.347 e. The minimum Gasteiger partial charge on any atom is -0.347 e. The van der Waals surface area contributed by atoms with Crippen molar-refractivity contribution in [3.63, 3.8) is 0 Å². The van der Waals surface area contributed by atoms with Crippen molar-refractivity contribution in [2.45, 2.75) is 38.6 Å². The zero-order chi connectivity index (χ0) is 11.7. The Kier molecular flexibility index (Phi) is 3.11. The van der Waals surface area contributed by atoms with E-state index in [1.165, 1.54) is 43.0 Å². The van der Waals surface area contributed by atoms with E-state index < -0.39 is 0 Å². The summed E-state index contributed by atoms with van der Waals surface area (Å²) in [6, 6.07) is 8.35. The van der Waals surface area contributed by atoms with Crippen molar-refractivity contribution in [3.05, 3.63) is 35.5 Å². The first-order valence-corrected chi connectivity index (χ1v) is 6.95. The van der Waals surface area contributed by atoms with E-state index in [-0.39, 0.29) is 0 Å². The Bertz CT molecular complexity index is 509. The van der Waals surface area contributed by atoms with Gasteiger partial charge < -0.3 is 4.57 Å². The van der Waals surface area contributed by atoms with Crippen LogP contribution >= 0.6 is 11.6 Å². The summed E-state index contributed by atoms with van der Waals surface area (Å²) in [4.78, 5) is 0. The molecule has 0 radical (unpaired) electrons. The van der Waals surface area contributed by atoms with Crippen molar-refractivity contribution in [1.82, 2.24) is 4.57 Å². The average Bonchev–Trinajstić information content (AvgIpc) is 2.73. The van der Waals surface area contributed by atoms with Crippen LogP contribution in [0.15, 0.2) is 30.5 Å². The highest BCUT2D eigenvalue weighted by Crippen LogP contribution is 2.27. The molecule has 2 aromatic rings. The number of benzene rings is 1. The summed E-state index contributed by atoms with van der Waals surface area (Å²) in [6.45, 7) is 1.16. The lowest BCUT2D eigenvalue weighted by Gasteiger charge is -2.22. The molecule has 1 saturated carbocycles. The third kappa shape index (κ3) is 2.35.